The molecule has 0 spiro atoms. The summed E-state index contributed by atoms with van der Waals surface area (Å²) in [6.45, 7) is 5.49. The molecule has 0 aliphatic heterocycles. The quantitative estimate of drug-likeness (QED) is 0.877. The van der Waals surface area contributed by atoms with Crippen LogP contribution in [0.1, 0.15) is 20.3 Å². The number of hydrogen-bond donors (Lipinski definition) is 1. The summed E-state index contributed by atoms with van der Waals surface area (Å²) in [7, 11) is 4.20. The first-order valence-electron chi connectivity index (χ1n) is 7.17. The van der Waals surface area contributed by atoms with Crippen LogP contribution in [-0.2, 0) is 0 Å². The number of benzene rings is 1. The SMILES string of the molecule is CC(C)CC(CN(C)C)Nc1cnc2ccccc2n1. The number of nitrogens with zero attached hydrogens (tertiary/aromatic N) is 3. The number of para-hydroxylation sites is 2. The van der Waals surface area contributed by atoms with Crippen LogP contribution in [0.3, 0.4) is 0 Å². The van der Waals surface area contributed by atoms with E-state index < -0.39 is 0 Å². The molecule has 4 nitrogen and oxygen atoms in total. The van der Waals surface area contributed by atoms with Crippen LogP contribution in [0, 0.1) is 5.92 Å². The van der Waals surface area contributed by atoms with Crippen molar-refractivity contribution in [1.29, 1.82) is 0 Å². The third-order valence-corrected chi connectivity index (χ3v) is 3.14. The van der Waals surface area contributed by atoms with E-state index in [0.717, 1.165) is 29.8 Å². The molecule has 2 aromatic rings. The molecule has 0 saturated carbocycles. The molecule has 4 heteroatoms. The highest BCUT2D eigenvalue weighted by atomic mass is 15.1. The predicted molar refractivity (Wildman–Crippen MR) is 85.0 cm³/mol. The van der Waals surface area contributed by atoms with Crippen molar-refractivity contribution in [3.63, 3.8) is 0 Å². The summed E-state index contributed by atoms with van der Waals surface area (Å²) >= 11 is 0. The molecule has 0 aliphatic carbocycles. The van der Waals surface area contributed by atoms with E-state index in [9.17, 15) is 0 Å². The van der Waals surface area contributed by atoms with Crippen LogP contribution in [0.5, 0.6) is 0 Å². The monoisotopic (exact) mass is 272 g/mol. The Hall–Kier alpha value is -1.68. The van der Waals surface area contributed by atoms with E-state index in [2.05, 4.69) is 48.1 Å². The summed E-state index contributed by atoms with van der Waals surface area (Å²) in [6.07, 6.45) is 2.94. The fraction of sp³-hybridized carbons (Fsp3) is 0.500. The van der Waals surface area contributed by atoms with Crippen LogP contribution in [0.15, 0.2) is 30.5 Å². The smallest absolute Gasteiger partial charge is 0.145 e. The minimum atomic E-state index is 0.389. The largest absolute Gasteiger partial charge is 0.365 e. The average Bonchev–Trinajstić information content (AvgIpc) is 2.37. The van der Waals surface area contributed by atoms with Gasteiger partial charge in [-0.05, 0) is 38.6 Å². The maximum atomic E-state index is 4.64. The molecule has 1 unspecified atom stereocenters. The predicted octanol–water partition coefficient (Wildman–Crippen LogP) is 3.02. The van der Waals surface area contributed by atoms with E-state index in [1.54, 1.807) is 0 Å². The van der Waals surface area contributed by atoms with Crippen molar-refractivity contribution in [3.8, 4) is 0 Å². The van der Waals surface area contributed by atoms with Gasteiger partial charge in [0.15, 0.2) is 0 Å². The van der Waals surface area contributed by atoms with Gasteiger partial charge in [-0.15, -0.1) is 0 Å². The number of aromatic nitrogens is 2. The summed E-state index contributed by atoms with van der Waals surface area (Å²) in [5.74, 6) is 1.51. The Balaban J connectivity index is 2.14. The summed E-state index contributed by atoms with van der Waals surface area (Å²) in [5, 5.41) is 3.52. The van der Waals surface area contributed by atoms with Gasteiger partial charge in [-0.3, -0.25) is 4.98 Å². The summed E-state index contributed by atoms with van der Waals surface area (Å²) < 4.78 is 0. The normalized spacial score (nSPS) is 13.1. The topological polar surface area (TPSA) is 41.0 Å². The molecule has 2 rings (SSSR count). The highest BCUT2D eigenvalue weighted by Crippen LogP contribution is 2.15. The number of likely N-dealkylation sites (N-methyl/N-ethyl adjacent to an activating group) is 1. The molecule has 0 bridgehead atoms. The van der Waals surface area contributed by atoms with E-state index >= 15 is 0 Å². The third-order valence-electron chi connectivity index (χ3n) is 3.14. The minimum Gasteiger partial charge on any atom is -0.365 e. The van der Waals surface area contributed by atoms with Gasteiger partial charge in [0, 0.05) is 12.6 Å². The van der Waals surface area contributed by atoms with Crippen molar-refractivity contribution in [2.24, 2.45) is 5.92 Å². The van der Waals surface area contributed by atoms with Crippen molar-refractivity contribution in [3.05, 3.63) is 30.5 Å². The van der Waals surface area contributed by atoms with Crippen LogP contribution in [0.25, 0.3) is 11.0 Å². The van der Waals surface area contributed by atoms with Crippen LogP contribution >= 0.6 is 0 Å². The van der Waals surface area contributed by atoms with Crippen molar-refractivity contribution in [2.75, 3.05) is 26.0 Å². The van der Waals surface area contributed by atoms with Gasteiger partial charge in [0.05, 0.1) is 17.2 Å². The zero-order valence-corrected chi connectivity index (χ0v) is 12.8. The Morgan fingerprint density at radius 3 is 2.50 bits per heavy atom. The lowest BCUT2D eigenvalue weighted by atomic mass is 10.0. The first-order chi connectivity index (χ1) is 9.54. The van der Waals surface area contributed by atoms with Crippen molar-refractivity contribution in [2.45, 2.75) is 26.3 Å². The molecule has 0 fully saturated rings. The molecule has 0 amide bonds. The second-order valence-corrected chi connectivity index (χ2v) is 5.98. The van der Waals surface area contributed by atoms with Crippen molar-refractivity contribution in [1.82, 2.24) is 14.9 Å². The molecule has 1 atom stereocenters. The minimum absolute atomic E-state index is 0.389. The van der Waals surface area contributed by atoms with Crippen LogP contribution in [0.2, 0.25) is 0 Å². The molecular weight excluding hydrogens is 248 g/mol. The first kappa shape index (κ1) is 14.7. The number of nitrogens with one attached hydrogen (secondary N) is 1. The number of anilines is 1. The maximum absolute atomic E-state index is 4.64. The van der Waals surface area contributed by atoms with E-state index in [-0.39, 0.29) is 0 Å². The fourth-order valence-corrected chi connectivity index (χ4v) is 2.42. The van der Waals surface area contributed by atoms with Gasteiger partial charge < -0.3 is 10.2 Å². The molecule has 1 heterocycles. The van der Waals surface area contributed by atoms with E-state index in [1.807, 2.05) is 30.5 Å². The Kier molecular flexibility index (Phi) is 4.90. The fourth-order valence-electron chi connectivity index (χ4n) is 2.42. The van der Waals surface area contributed by atoms with Gasteiger partial charge in [0.2, 0.25) is 0 Å². The van der Waals surface area contributed by atoms with E-state index in [1.165, 1.54) is 0 Å². The average molecular weight is 272 g/mol. The lowest BCUT2D eigenvalue weighted by molar-refractivity contribution is 0.356. The van der Waals surface area contributed by atoms with Gasteiger partial charge in [0.1, 0.15) is 5.82 Å². The molecule has 0 aliphatic rings. The van der Waals surface area contributed by atoms with Gasteiger partial charge >= 0.3 is 0 Å². The van der Waals surface area contributed by atoms with Crippen LogP contribution in [0.4, 0.5) is 5.82 Å². The van der Waals surface area contributed by atoms with Crippen LogP contribution < -0.4 is 5.32 Å². The maximum Gasteiger partial charge on any atom is 0.145 e. The molecule has 0 radical (unpaired) electrons. The highest BCUT2D eigenvalue weighted by Gasteiger charge is 2.13. The Morgan fingerprint density at radius 2 is 1.85 bits per heavy atom. The molecular formula is C16H24N4. The number of fused-ring (bicyclic) bond motifs is 1. The second kappa shape index (κ2) is 6.66. The van der Waals surface area contributed by atoms with Gasteiger partial charge in [-0.2, -0.15) is 0 Å². The molecule has 1 aromatic heterocycles. The van der Waals surface area contributed by atoms with Crippen molar-refractivity contribution >= 4 is 16.9 Å². The molecule has 0 saturated heterocycles. The van der Waals surface area contributed by atoms with Gasteiger partial charge in [-0.25, -0.2) is 4.98 Å². The standard InChI is InChI=1S/C16H24N4/c1-12(2)9-13(11-20(3)4)18-16-10-17-14-7-5-6-8-15(14)19-16/h5-8,10,12-13H,9,11H2,1-4H3,(H,18,19). The first-order valence-corrected chi connectivity index (χ1v) is 7.17. The highest BCUT2D eigenvalue weighted by molar-refractivity contribution is 5.75. The zero-order chi connectivity index (χ0) is 14.5. The summed E-state index contributed by atoms with van der Waals surface area (Å²) in [5.41, 5.74) is 1.87. The van der Waals surface area contributed by atoms with Gasteiger partial charge in [-0.1, -0.05) is 26.0 Å². The van der Waals surface area contributed by atoms with Crippen molar-refractivity contribution < 1.29 is 0 Å². The lowest BCUT2D eigenvalue weighted by Gasteiger charge is -2.24. The Labute approximate surface area is 121 Å². The molecule has 108 valence electrons. The molecule has 1 aromatic carbocycles. The molecule has 1 N–H and O–H groups in total. The van der Waals surface area contributed by atoms with Gasteiger partial charge in [0.25, 0.3) is 0 Å². The third kappa shape index (κ3) is 4.17. The number of rotatable bonds is 6. The number of hydrogen-bond acceptors (Lipinski definition) is 4. The Morgan fingerprint density at radius 1 is 1.15 bits per heavy atom. The Bertz CT molecular complexity index is 541. The van der Waals surface area contributed by atoms with E-state index in [0.29, 0.717) is 12.0 Å². The summed E-state index contributed by atoms with van der Waals surface area (Å²) in [6, 6.07) is 8.35. The van der Waals surface area contributed by atoms with E-state index in [4.69, 9.17) is 0 Å². The molecule has 20 heavy (non-hydrogen) atoms. The lowest BCUT2D eigenvalue weighted by Crippen LogP contribution is -2.33. The second-order valence-electron chi connectivity index (χ2n) is 5.98. The zero-order valence-electron chi connectivity index (χ0n) is 12.8. The summed E-state index contributed by atoms with van der Waals surface area (Å²) in [4.78, 5) is 11.3. The van der Waals surface area contributed by atoms with Crippen LogP contribution in [-0.4, -0.2) is 41.5 Å².